The van der Waals surface area contributed by atoms with Crippen molar-refractivity contribution >= 4 is 82.9 Å². The van der Waals surface area contributed by atoms with Crippen molar-refractivity contribution in [1.29, 1.82) is 0 Å². The van der Waals surface area contributed by atoms with E-state index in [4.69, 9.17) is 33.5 Å². The maximum atomic E-state index is 10.9. The number of hydrogen-bond donors (Lipinski definition) is 6. The van der Waals surface area contributed by atoms with E-state index in [1.165, 1.54) is 19.0 Å². The number of hydrogen-bond acceptors (Lipinski definition) is 15. The Kier molecular flexibility index (Phi) is 15.7. The van der Waals surface area contributed by atoms with Gasteiger partial charge in [-0.1, -0.05) is 23.2 Å². The molecule has 22 nitrogen and oxygen atoms in total. The van der Waals surface area contributed by atoms with Crippen molar-refractivity contribution in [3.63, 3.8) is 0 Å². The standard InChI is InChI=1S/C13H21N7O2S.C7H17N3O2S.C6H5ClN4.C5H3ClN4/c1-19-9-17-11-12(19)15-8-16-13(11)20-6-3-10(4-7-20)2-5-18-23(14,21)22;8-13(11,12)10-6-3-7-1-4-9-5-2-7;1-11-3-10-4-5(7)8-2-9-6(4)11;6-4-3-5(9-1-7-3)10-2-8-4/h8-10,18H,2-7H2,1H3,(H2,14,21,22);7,9-10H,1-6H2,(H2,8,11,12);2-3H,1H3;1-2H,(H,7,8,9,10). The molecule has 310 valence electrons. The van der Waals surface area contributed by atoms with E-state index in [2.05, 4.69) is 69.5 Å². The number of aromatic nitrogens is 12. The molecule has 8 N–H and O–H groups in total. The highest BCUT2D eigenvalue weighted by molar-refractivity contribution is 7.87. The molecule has 2 aliphatic heterocycles. The first-order valence-corrected chi connectivity index (χ1v) is 21.7. The molecule has 57 heavy (non-hydrogen) atoms. The topological polar surface area (TPSA) is 301 Å². The summed E-state index contributed by atoms with van der Waals surface area (Å²) in [6, 6.07) is 0. The number of nitrogens with zero attached hydrogens (tertiary/aromatic N) is 12. The average molecular weight is 870 g/mol. The van der Waals surface area contributed by atoms with Gasteiger partial charge in [0.05, 0.1) is 19.0 Å². The lowest BCUT2D eigenvalue weighted by molar-refractivity contribution is 0.354. The average Bonchev–Trinajstić information content (AvgIpc) is 3.92. The van der Waals surface area contributed by atoms with Gasteiger partial charge >= 0.3 is 0 Å². The van der Waals surface area contributed by atoms with E-state index in [1.54, 1.807) is 23.5 Å². The first-order valence-electron chi connectivity index (χ1n) is 17.9. The van der Waals surface area contributed by atoms with Crippen LogP contribution in [0.3, 0.4) is 0 Å². The molecular weight excluding hydrogens is 824 g/mol. The Balaban J connectivity index is 0.000000155. The molecule has 0 unspecified atom stereocenters. The van der Waals surface area contributed by atoms with Crippen molar-refractivity contribution < 1.29 is 16.8 Å². The van der Waals surface area contributed by atoms with Crippen LogP contribution in [0.1, 0.15) is 38.5 Å². The van der Waals surface area contributed by atoms with Crippen LogP contribution in [0.25, 0.3) is 33.5 Å². The highest BCUT2D eigenvalue weighted by Gasteiger charge is 2.23. The first kappa shape index (κ1) is 43.8. The van der Waals surface area contributed by atoms with Crippen molar-refractivity contribution in [2.75, 3.05) is 44.2 Å². The van der Waals surface area contributed by atoms with Gasteiger partial charge in [-0.2, -0.15) is 16.8 Å². The third-order valence-corrected chi connectivity index (χ3v) is 11.0. The molecule has 0 atom stereocenters. The fourth-order valence-corrected chi connectivity index (χ4v) is 7.40. The lowest BCUT2D eigenvalue weighted by Crippen LogP contribution is -2.37. The van der Waals surface area contributed by atoms with Gasteiger partial charge in [0.1, 0.15) is 30.0 Å². The van der Waals surface area contributed by atoms with E-state index in [1.807, 2.05) is 18.7 Å². The molecule has 6 aromatic heterocycles. The molecule has 0 radical (unpaired) electrons. The lowest BCUT2D eigenvalue weighted by Gasteiger charge is -2.32. The van der Waals surface area contributed by atoms with E-state index in [9.17, 15) is 16.8 Å². The summed E-state index contributed by atoms with van der Waals surface area (Å²) in [6.45, 7) is 4.69. The number of halogens is 2. The number of aryl methyl sites for hydroxylation is 2. The van der Waals surface area contributed by atoms with Crippen molar-refractivity contribution in [1.82, 2.24) is 73.7 Å². The minimum absolute atomic E-state index is 0.390. The van der Waals surface area contributed by atoms with Crippen LogP contribution in [0.15, 0.2) is 38.0 Å². The molecule has 0 saturated carbocycles. The highest BCUT2D eigenvalue weighted by Crippen LogP contribution is 2.27. The van der Waals surface area contributed by atoms with Crippen molar-refractivity contribution in [3.8, 4) is 0 Å². The third kappa shape index (κ3) is 13.4. The molecule has 8 heterocycles. The minimum atomic E-state index is -3.59. The maximum absolute atomic E-state index is 10.9. The van der Waals surface area contributed by atoms with Crippen LogP contribution in [0.4, 0.5) is 5.82 Å². The minimum Gasteiger partial charge on any atom is -0.355 e. The third-order valence-electron chi connectivity index (χ3n) is 9.19. The van der Waals surface area contributed by atoms with E-state index in [-0.39, 0.29) is 0 Å². The lowest BCUT2D eigenvalue weighted by atomic mass is 9.93. The fraction of sp³-hybridized carbons (Fsp3) is 0.516. The van der Waals surface area contributed by atoms with Crippen LogP contribution in [0.2, 0.25) is 10.3 Å². The molecule has 0 aromatic carbocycles. The summed E-state index contributed by atoms with van der Waals surface area (Å²) < 4.78 is 51.1. The fourth-order valence-electron chi connectivity index (χ4n) is 6.23. The predicted molar refractivity (Wildman–Crippen MR) is 216 cm³/mol. The molecule has 6 aromatic rings. The van der Waals surface area contributed by atoms with Gasteiger partial charge in [0.25, 0.3) is 20.4 Å². The number of aromatic amines is 1. The zero-order valence-corrected chi connectivity index (χ0v) is 34.5. The Morgan fingerprint density at radius 1 is 0.702 bits per heavy atom. The van der Waals surface area contributed by atoms with Crippen LogP contribution in [-0.4, -0.2) is 115 Å². The summed E-state index contributed by atoms with van der Waals surface area (Å²) in [5.41, 5.74) is 4.34. The van der Waals surface area contributed by atoms with Crippen LogP contribution in [0, 0.1) is 11.8 Å². The van der Waals surface area contributed by atoms with E-state index in [0.717, 1.165) is 87.3 Å². The molecule has 0 bridgehead atoms. The quantitative estimate of drug-likeness (QED) is 0.110. The second-order valence-corrected chi connectivity index (χ2v) is 16.7. The number of H-pyrrole nitrogens is 1. The number of nitrogens with two attached hydrogens (primary N) is 2. The Bertz CT molecular complexity index is 2410. The molecular formula is C31H46Cl2N18O4S2. The van der Waals surface area contributed by atoms with Gasteiger partial charge in [0.2, 0.25) is 0 Å². The number of fused-ring (bicyclic) bond motifs is 3. The number of anilines is 1. The summed E-state index contributed by atoms with van der Waals surface area (Å²) in [4.78, 5) is 41.4. The monoisotopic (exact) mass is 868 g/mol. The molecule has 2 aliphatic rings. The number of nitrogens with one attached hydrogen (secondary N) is 4. The molecule has 0 amide bonds. The summed E-state index contributed by atoms with van der Waals surface area (Å²) in [5.74, 6) is 1.99. The van der Waals surface area contributed by atoms with Crippen LogP contribution < -0.4 is 29.9 Å². The number of rotatable bonds is 9. The van der Waals surface area contributed by atoms with Gasteiger partial charge in [0.15, 0.2) is 38.6 Å². The molecule has 26 heteroatoms. The second kappa shape index (κ2) is 20.4. The predicted octanol–water partition coefficient (Wildman–Crippen LogP) is 0.955. The van der Waals surface area contributed by atoms with E-state index >= 15 is 0 Å². The molecule has 0 aliphatic carbocycles. The van der Waals surface area contributed by atoms with E-state index < -0.39 is 20.4 Å². The molecule has 8 rings (SSSR count). The molecule has 2 fully saturated rings. The number of piperidine rings is 2. The van der Waals surface area contributed by atoms with Crippen LogP contribution in [-0.2, 0) is 34.5 Å². The molecule has 2 saturated heterocycles. The van der Waals surface area contributed by atoms with E-state index in [0.29, 0.717) is 51.9 Å². The summed E-state index contributed by atoms with van der Waals surface area (Å²) in [6.07, 6.45) is 15.2. The zero-order chi connectivity index (χ0) is 41.0. The largest absolute Gasteiger partial charge is 0.355 e. The Morgan fingerprint density at radius 2 is 1.23 bits per heavy atom. The van der Waals surface area contributed by atoms with Crippen molar-refractivity contribution in [3.05, 3.63) is 48.3 Å². The summed E-state index contributed by atoms with van der Waals surface area (Å²) in [7, 11) is -3.31. The zero-order valence-electron chi connectivity index (χ0n) is 31.3. The maximum Gasteiger partial charge on any atom is 0.274 e. The Labute approximate surface area is 339 Å². The van der Waals surface area contributed by atoms with Gasteiger partial charge in [0, 0.05) is 40.3 Å². The van der Waals surface area contributed by atoms with Crippen molar-refractivity contribution in [2.45, 2.75) is 38.5 Å². The van der Waals surface area contributed by atoms with Gasteiger partial charge in [-0.05, 0) is 63.5 Å². The Hall–Kier alpha value is -4.27. The summed E-state index contributed by atoms with van der Waals surface area (Å²) >= 11 is 11.4. The normalized spacial score (nSPS) is 15.4. The van der Waals surface area contributed by atoms with Crippen molar-refractivity contribution in [2.24, 2.45) is 36.2 Å². The Morgan fingerprint density at radius 3 is 1.81 bits per heavy atom. The highest BCUT2D eigenvalue weighted by atomic mass is 35.5. The van der Waals surface area contributed by atoms with Gasteiger partial charge in [-0.15, -0.1) is 0 Å². The van der Waals surface area contributed by atoms with Crippen LogP contribution in [0.5, 0.6) is 0 Å². The van der Waals surface area contributed by atoms with Gasteiger partial charge in [-0.25, -0.2) is 64.6 Å². The first-order chi connectivity index (χ1) is 27.2. The van der Waals surface area contributed by atoms with Crippen LogP contribution >= 0.6 is 23.2 Å². The second-order valence-electron chi connectivity index (χ2n) is 13.3. The SMILES string of the molecule is Clc1ncnc2nc[nH]c12.Cn1cnc2c(Cl)ncnc21.Cn1cnc2c(N3CCC(CCNS(N)(=O)=O)CC3)ncnc21.NS(=O)(=O)NCCC1CCNCC1. The summed E-state index contributed by atoms with van der Waals surface area (Å²) in [5, 5.41) is 13.8. The van der Waals surface area contributed by atoms with Gasteiger partial charge in [-0.3, -0.25) is 0 Å². The smallest absolute Gasteiger partial charge is 0.274 e. The number of imidazole rings is 3. The molecule has 0 spiro atoms. The van der Waals surface area contributed by atoms with Gasteiger partial charge < -0.3 is 24.3 Å².